The lowest BCUT2D eigenvalue weighted by atomic mass is 10.2. The summed E-state index contributed by atoms with van der Waals surface area (Å²) in [6.07, 6.45) is 9.39. The first kappa shape index (κ1) is 9.52. The molecule has 0 saturated heterocycles. The third-order valence-electron chi connectivity index (χ3n) is 1.84. The molecule has 0 atom stereocenters. The van der Waals surface area contributed by atoms with Crippen molar-refractivity contribution in [3.63, 3.8) is 0 Å². The second-order valence-corrected chi connectivity index (χ2v) is 2.93. The molecule has 0 fully saturated rings. The fourth-order valence-electron chi connectivity index (χ4n) is 0.886. The minimum absolute atomic E-state index is 1.05. The average molecular weight is 174 g/mol. The highest BCUT2D eigenvalue weighted by Gasteiger charge is 1.93. The molecule has 0 aromatic carbocycles. The monoisotopic (exact) mass is 174 g/mol. The van der Waals surface area contributed by atoms with E-state index in [-0.39, 0.29) is 0 Å². The molecule has 0 aliphatic carbocycles. The van der Waals surface area contributed by atoms with E-state index >= 15 is 0 Å². The van der Waals surface area contributed by atoms with Crippen molar-refractivity contribution in [3.8, 4) is 0 Å². The van der Waals surface area contributed by atoms with Gasteiger partial charge in [-0.25, -0.2) is 4.98 Å². The summed E-state index contributed by atoms with van der Waals surface area (Å²) in [4.78, 5) is 7.00. The smallest absolute Gasteiger partial charge is 0.0924 e. The average Bonchev–Trinajstić information content (AvgIpc) is 2.66. The Hall–Kier alpha value is -1.57. The van der Waals surface area contributed by atoms with E-state index in [1.807, 2.05) is 38.3 Å². The quantitative estimate of drug-likeness (QED) is 0.701. The Balaban J connectivity index is 2.79. The minimum atomic E-state index is 1.05. The fourth-order valence-corrected chi connectivity index (χ4v) is 0.886. The summed E-state index contributed by atoms with van der Waals surface area (Å²) in [5, 5.41) is 0. The molecule has 0 aliphatic heterocycles. The summed E-state index contributed by atoms with van der Waals surface area (Å²) in [6, 6.07) is 0. The Kier molecular flexibility index (Phi) is 3.26. The van der Waals surface area contributed by atoms with E-state index in [0.717, 1.165) is 11.3 Å². The fraction of sp³-hybridized carbons (Fsp3) is 0.182. The van der Waals surface area contributed by atoms with Gasteiger partial charge in [0.25, 0.3) is 0 Å². The summed E-state index contributed by atoms with van der Waals surface area (Å²) in [7, 11) is 0. The molecule has 1 N–H and O–H groups in total. The van der Waals surface area contributed by atoms with Crippen molar-refractivity contribution in [3.05, 3.63) is 48.6 Å². The van der Waals surface area contributed by atoms with E-state index in [9.17, 15) is 0 Å². The normalized spacial score (nSPS) is 13.1. The molecule has 0 radical (unpaired) electrons. The molecule has 1 aromatic heterocycles. The van der Waals surface area contributed by atoms with Crippen LogP contribution in [0.1, 0.15) is 19.5 Å². The van der Waals surface area contributed by atoms with Crippen LogP contribution in [0.15, 0.2) is 42.9 Å². The second-order valence-electron chi connectivity index (χ2n) is 2.93. The van der Waals surface area contributed by atoms with Gasteiger partial charge in [0.05, 0.1) is 18.2 Å². The second kappa shape index (κ2) is 4.45. The van der Waals surface area contributed by atoms with Gasteiger partial charge in [-0.2, -0.15) is 0 Å². The number of hydrogen-bond donors (Lipinski definition) is 1. The Morgan fingerprint density at radius 2 is 2.23 bits per heavy atom. The van der Waals surface area contributed by atoms with Crippen LogP contribution < -0.4 is 0 Å². The maximum Gasteiger partial charge on any atom is 0.0924 e. The van der Waals surface area contributed by atoms with E-state index in [0.29, 0.717) is 0 Å². The van der Waals surface area contributed by atoms with Crippen LogP contribution >= 0.6 is 0 Å². The molecule has 0 bridgehead atoms. The van der Waals surface area contributed by atoms with Gasteiger partial charge >= 0.3 is 0 Å². The first-order valence-corrected chi connectivity index (χ1v) is 4.20. The molecular weight excluding hydrogens is 160 g/mol. The Bertz CT molecular complexity index is 329. The number of hydrogen-bond acceptors (Lipinski definition) is 1. The molecule has 1 rings (SSSR count). The van der Waals surface area contributed by atoms with Crippen molar-refractivity contribution in [2.45, 2.75) is 13.8 Å². The van der Waals surface area contributed by atoms with Crippen molar-refractivity contribution in [2.24, 2.45) is 0 Å². The van der Waals surface area contributed by atoms with Crippen molar-refractivity contribution < 1.29 is 0 Å². The van der Waals surface area contributed by atoms with Gasteiger partial charge in [0.2, 0.25) is 0 Å². The third kappa shape index (κ3) is 2.75. The van der Waals surface area contributed by atoms with Gasteiger partial charge in [-0.05, 0) is 19.4 Å². The number of allylic oxidation sites excluding steroid dienone is 5. The molecule has 1 heterocycles. The van der Waals surface area contributed by atoms with Gasteiger partial charge < -0.3 is 4.98 Å². The number of nitrogens with zero attached hydrogens (tertiary/aromatic N) is 1. The summed E-state index contributed by atoms with van der Waals surface area (Å²) < 4.78 is 0. The predicted octanol–water partition coefficient (Wildman–Crippen LogP) is 2.95. The first-order chi connectivity index (χ1) is 6.24. The molecule has 2 heteroatoms. The van der Waals surface area contributed by atoms with Crippen LogP contribution in [-0.4, -0.2) is 9.97 Å². The third-order valence-corrected chi connectivity index (χ3v) is 1.84. The van der Waals surface area contributed by atoms with Gasteiger partial charge in [0.1, 0.15) is 0 Å². The number of aromatic amines is 1. The van der Waals surface area contributed by atoms with Crippen LogP contribution in [0.25, 0.3) is 5.57 Å². The highest BCUT2D eigenvalue weighted by Crippen LogP contribution is 2.09. The Morgan fingerprint density at radius 3 is 2.77 bits per heavy atom. The minimum Gasteiger partial charge on any atom is -0.345 e. The topological polar surface area (TPSA) is 28.7 Å². The molecule has 0 unspecified atom stereocenters. The highest BCUT2D eigenvalue weighted by atomic mass is 14.9. The SMILES string of the molecule is C=CC(C)=C/C=C(\C)c1cnc[nH]1. The largest absolute Gasteiger partial charge is 0.345 e. The van der Waals surface area contributed by atoms with Gasteiger partial charge in [-0.15, -0.1) is 0 Å². The maximum absolute atomic E-state index is 3.95. The number of H-pyrrole nitrogens is 1. The lowest BCUT2D eigenvalue weighted by molar-refractivity contribution is 1.30. The number of imidazole rings is 1. The molecule has 0 spiro atoms. The standard InChI is InChI=1S/C11H14N2/c1-4-9(2)5-6-10(3)11-7-12-8-13-11/h4-8H,1H2,2-3H3,(H,12,13)/b9-5?,10-6+. The lowest BCUT2D eigenvalue weighted by Gasteiger charge is -1.93. The molecular formula is C11H14N2. The summed E-state index contributed by atoms with van der Waals surface area (Å²) in [5.74, 6) is 0. The van der Waals surface area contributed by atoms with Crippen molar-refractivity contribution in [1.29, 1.82) is 0 Å². The van der Waals surface area contributed by atoms with E-state index in [1.54, 1.807) is 6.33 Å². The van der Waals surface area contributed by atoms with Gasteiger partial charge in [-0.1, -0.05) is 30.4 Å². The van der Waals surface area contributed by atoms with Crippen LogP contribution in [0, 0.1) is 0 Å². The van der Waals surface area contributed by atoms with E-state index in [2.05, 4.69) is 16.5 Å². The molecule has 0 amide bonds. The lowest BCUT2D eigenvalue weighted by Crippen LogP contribution is -1.76. The van der Waals surface area contributed by atoms with Crippen LogP contribution in [0.3, 0.4) is 0 Å². The zero-order valence-corrected chi connectivity index (χ0v) is 8.04. The molecule has 68 valence electrons. The number of rotatable bonds is 3. The van der Waals surface area contributed by atoms with Gasteiger partial charge in [0.15, 0.2) is 0 Å². The van der Waals surface area contributed by atoms with E-state index in [4.69, 9.17) is 0 Å². The van der Waals surface area contributed by atoms with Crippen molar-refractivity contribution >= 4 is 5.57 Å². The number of aromatic nitrogens is 2. The summed E-state index contributed by atoms with van der Waals surface area (Å²) >= 11 is 0. The van der Waals surface area contributed by atoms with Crippen LogP contribution in [0.5, 0.6) is 0 Å². The maximum atomic E-state index is 3.95. The van der Waals surface area contributed by atoms with Crippen LogP contribution in [0.2, 0.25) is 0 Å². The highest BCUT2D eigenvalue weighted by molar-refractivity contribution is 5.61. The molecule has 13 heavy (non-hydrogen) atoms. The van der Waals surface area contributed by atoms with E-state index < -0.39 is 0 Å². The summed E-state index contributed by atoms with van der Waals surface area (Å²) in [5.41, 5.74) is 3.37. The van der Waals surface area contributed by atoms with Gasteiger partial charge in [0, 0.05) is 0 Å². The number of nitrogens with one attached hydrogen (secondary N) is 1. The van der Waals surface area contributed by atoms with E-state index in [1.165, 1.54) is 5.57 Å². The molecule has 1 aromatic rings. The molecule has 0 saturated carbocycles. The first-order valence-electron chi connectivity index (χ1n) is 4.20. The van der Waals surface area contributed by atoms with Crippen molar-refractivity contribution in [2.75, 3.05) is 0 Å². The summed E-state index contributed by atoms with van der Waals surface area (Å²) in [6.45, 7) is 7.74. The van der Waals surface area contributed by atoms with Gasteiger partial charge in [-0.3, -0.25) is 0 Å². The Labute approximate surface area is 78.7 Å². The van der Waals surface area contributed by atoms with Crippen molar-refractivity contribution in [1.82, 2.24) is 9.97 Å². The predicted molar refractivity (Wildman–Crippen MR) is 56.2 cm³/mol. The Morgan fingerprint density at radius 1 is 1.46 bits per heavy atom. The van der Waals surface area contributed by atoms with Crippen LogP contribution in [-0.2, 0) is 0 Å². The molecule has 2 nitrogen and oxygen atoms in total. The molecule has 0 aliphatic rings. The zero-order valence-electron chi connectivity index (χ0n) is 8.04. The van der Waals surface area contributed by atoms with Crippen LogP contribution in [0.4, 0.5) is 0 Å². The zero-order chi connectivity index (χ0) is 9.68.